The standard InChI is InChI=1S/C11H13ClN4/c1-11(2,3)9-6-8(12)4-5-10(9)16-7-13-14-15-16/h4-7H,1-3H3. The number of hydrogen-bond acceptors (Lipinski definition) is 3. The van der Waals surface area contributed by atoms with Crippen LogP contribution in [0.1, 0.15) is 26.3 Å². The maximum atomic E-state index is 6.02. The summed E-state index contributed by atoms with van der Waals surface area (Å²) < 4.78 is 1.65. The second kappa shape index (κ2) is 3.87. The Hall–Kier alpha value is -1.42. The molecule has 4 nitrogen and oxygen atoms in total. The van der Waals surface area contributed by atoms with Crippen LogP contribution in [0.4, 0.5) is 0 Å². The van der Waals surface area contributed by atoms with Gasteiger partial charge in [-0.15, -0.1) is 5.10 Å². The van der Waals surface area contributed by atoms with E-state index < -0.39 is 0 Å². The molecule has 0 aliphatic carbocycles. The largest absolute Gasteiger partial charge is 0.200 e. The molecule has 0 spiro atoms. The summed E-state index contributed by atoms with van der Waals surface area (Å²) in [6.07, 6.45) is 1.58. The van der Waals surface area contributed by atoms with Crippen LogP contribution in [-0.2, 0) is 5.41 Å². The van der Waals surface area contributed by atoms with E-state index in [1.165, 1.54) is 0 Å². The van der Waals surface area contributed by atoms with Gasteiger partial charge in [0.1, 0.15) is 6.33 Å². The third kappa shape index (κ3) is 2.07. The Morgan fingerprint density at radius 1 is 1.25 bits per heavy atom. The van der Waals surface area contributed by atoms with Crippen LogP contribution < -0.4 is 0 Å². The molecule has 0 fully saturated rings. The van der Waals surface area contributed by atoms with E-state index in [0.29, 0.717) is 0 Å². The molecule has 0 bridgehead atoms. The van der Waals surface area contributed by atoms with Gasteiger partial charge in [-0.05, 0) is 39.6 Å². The Morgan fingerprint density at radius 3 is 2.56 bits per heavy atom. The zero-order valence-corrected chi connectivity index (χ0v) is 10.2. The van der Waals surface area contributed by atoms with Gasteiger partial charge in [0.05, 0.1) is 5.69 Å². The molecule has 0 saturated carbocycles. The topological polar surface area (TPSA) is 43.6 Å². The fourth-order valence-electron chi connectivity index (χ4n) is 1.58. The van der Waals surface area contributed by atoms with Crippen molar-refractivity contribution in [1.82, 2.24) is 20.2 Å². The van der Waals surface area contributed by atoms with Crippen molar-refractivity contribution in [3.63, 3.8) is 0 Å². The zero-order valence-electron chi connectivity index (χ0n) is 9.48. The van der Waals surface area contributed by atoms with Gasteiger partial charge in [0, 0.05) is 5.02 Å². The first-order chi connectivity index (χ1) is 7.48. The molecule has 16 heavy (non-hydrogen) atoms. The van der Waals surface area contributed by atoms with Crippen LogP contribution >= 0.6 is 11.6 Å². The Balaban J connectivity index is 2.62. The fraction of sp³-hybridized carbons (Fsp3) is 0.364. The lowest BCUT2D eigenvalue weighted by atomic mass is 9.86. The quantitative estimate of drug-likeness (QED) is 0.765. The molecule has 0 atom stereocenters. The molecule has 1 heterocycles. The molecule has 1 aromatic heterocycles. The van der Waals surface area contributed by atoms with E-state index in [4.69, 9.17) is 11.6 Å². The van der Waals surface area contributed by atoms with Crippen molar-refractivity contribution in [2.75, 3.05) is 0 Å². The van der Waals surface area contributed by atoms with E-state index in [2.05, 4.69) is 36.3 Å². The smallest absolute Gasteiger partial charge is 0.143 e. The molecule has 84 valence electrons. The number of halogens is 1. The molecule has 0 aliphatic rings. The number of aromatic nitrogens is 4. The van der Waals surface area contributed by atoms with Gasteiger partial charge in [-0.25, -0.2) is 4.68 Å². The van der Waals surface area contributed by atoms with E-state index in [0.717, 1.165) is 16.3 Å². The Bertz CT molecular complexity index is 485. The van der Waals surface area contributed by atoms with Crippen LogP contribution in [0, 0.1) is 0 Å². The van der Waals surface area contributed by atoms with Crippen LogP contribution in [0.3, 0.4) is 0 Å². The first-order valence-corrected chi connectivity index (χ1v) is 5.39. The van der Waals surface area contributed by atoms with Crippen molar-refractivity contribution < 1.29 is 0 Å². The van der Waals surface area contributed by atoms with Gasteiger partial charge in [0.15, 0.2) is 0 Å². The average Bonchev–Trinajstić information content (AvgIpc) is 2.69. The van der Waals surface area contributed by atoms with E-state index in [9.17, 15) is 0 Å². The summed E-state index contributed by atoms with van der Waals surface area (Å²) in [5.74, 6) is 0. The summed E-state index contributed by atoms with van der Waals surface area (Å²) in [5, 5.41) is 11.9. The van der Waals surface area contributed by atoms with Crippen molar-refractivity contribution in [3.05, 3.63) is 35.1 Å². The molecule has 0 aliphatic heterocycles. The molecule has 0 amide bonds. The highest BCUT2D eigenvalue weighted by Gasteiger charge is 2.19. The normalized spacial score (nSPS) is 11.8. The molecule has 2 rings (SSSR count). The summed E-state index contributed by atoms with van der Waals surface area (Å²) in [4.78, 5) is 0. The minimum absolute atomic E-state index is 0.00775. The van der Waals surface area contributed by atoms with Gasteiger partial charge >= 0.3 is 0 Å². The van der Waals surface area contributed by atoms with Crippen LogP contribution in [-0.4, -0.2) is 20.2 Å². The summed E-state index contributed by atoms with van der Waals surface area (Å²) in [5.41, 5.74) is 2.07. The van der Waals surface area contributed by atoms with Crippen molar-refractivity contribution >= 4 is 11.6 Å². The molecule has 5 heteroatoms. The Kier molecular flexibility index (Phi) is 2.68. The van der Waals surface area contributed by atoms with Crippen LogP contribution in [0.5, 0.6) is 0 Å². The molecular weight excluding hydrogens is 224 g/mol. The average molecular weight is 237 g/mol. The third-order valence-electron chi connectivity index (χ3n) is 2.36. The van der Waals surface area contributed by atoms with Crippen molar-refractivity contribution in [3.8, 4) is 5.69 Å². The zero-order chi connectivity index (χ0) is 11.8. The SMILES string of the molecule is CC(C)(C)c1cc(Cl)ccc1-n1cnnn1. The van der Waals surface area contributed by atoms with Crippen LogP contribution in [0.2, 0.25) is 5.02 Å². The van der Waals surface area contributed by atoms with Gasteiger partial charge in [-0.2, -0.15) is 0 Å². The maximum Gasteiger partial charge on any atom is 0.143 e. The fourth-order valence-corrected chi connectivity index (χ4v) is 1.75. The number of nitrogens with zero attached hydrogens (tertiary/aromatic N) is 4. The number of benzene rings is 1. The monoisotopic (exact) mass is 236 g/mol. The van der Waals surface area contributed by atoms with E-state index >= 15 is 0 Å². The highest BCUT2D eigenvalue weighted by Crippen LogP contribution is 2.30. The number of hydrogen-bond donors (Lipinski definition) is 0. The van der Waals surface area contributed by atoms with Crippen molar-refractivity contribution in [2.24, 2.45) is 0 Å². The molecule has 0 unspecified atom stereocenters. The van der Waals surface area contributed by atoms with Crippen molar-refractivity contribution in [2.45, 2.75) is 26.2 Å². The van der Waals surface area contributed by atoms with Crippen molar-refractivity contribution in [1.29, 1.82) is 0 Å². The third-order valence-corrected chi connectivity index (χ3v) is 2.60. The first kappa shape index (κ1) is 11.1. The van der Waals surface area contributed by atoms with Gasteiger partial charge in [-0.3, -0.25) is 0 Å². The van der Waals surface area contributed by atoms with Crippen LogP contribution in [0.25, 0.3) is 5.69 Å². The highest BCUT2D eigenvalue weighted by molar-refractivity contribution is 6.30. The molecule has 0 N–H and O–H groups in total. The lowest BCUT2D eigenvalue weighted by Crippen LogP contribution is -2.15. The lowest BCUT2D eigenvalue weighted by Gasteiger charge is -2.22. The summed E-state index contributed by atoms with van der Waals surface area (Å²) in [6, 6.07) is 5.73. The van der Waals surface area contributed by atoms with E-state index in [1.54, 1.807) is 11.0 Å². The second-order valence-corrected chi connectivity index (χ2v) is 5.10. The van der Waals surface area contributed by atoms with Crippen LogP contribution in [0.15, 0.2) is 24.5 Å². The van der Waals surface area contributed by atoms with Gasteiger partial charge in [-0.1, -0.05) is 32.4 Å². The van der Waals surface area contributed by atoms with Gasteiger partial charge < -0.3 is 0 Å². The molecule has 1 aromatic carbocycles. The molecule has 0 saturated heterocycles. The predicted molar refractivity (Wildman–Crippen MR) is 62.9 cm³/mol. The predicted octanol–water partition coefficient (Wildman–Crippen LogP) is 2.61. The molecule has 2 aromatic rings. The van der Waals surface area contributed by atoms with E-state index in [1.807, 2.05) is 18.2 Å². The summed E-state index contributed by atoms with van der Waals surface area (Å²) in [6.45, 7) is 6.39. The molecule has 0 radical (unpaired) electrons. The Morgan fingerprint density at radius 2 is 2.00 bits per heavy atom. The highest BCUT2D eigenvalue weighted by atomic mass is 35.5. The minimum atomic E-state index is -0.00775. The lowest BCUT2D eigenvalue weighted by molar-refractivity contribution is 0.582. The minimum Gasteiger partial charge on any atom is -0.200 e. The summed E-state index contributed by atoms with van der Waals surface area (Å²) in [7, 11) is 0. The second-order valence-electron chi connectivity index (χ2n) is 4.67. The van der Waals surface area contributed by atoms with E-state index in [-0.39, 0.29) is 5.41 Å². The maximum absolute atomic E-state index is 6.02. The number of tetrazole rings is 1. The molecular formula is C11H13ClN4. The summed E-state index contributed by atoms with van der Waals surface area (Å²) >= 11 is 6.02. The first-order valence-electron chi connectivity index (χ1n) is 5.02. The van der Waals surface area contributed by atoms with Gasteiger partial charge in [0.2, 0.25) is 0 Å². The van der Waals surface area contributed by atoms with Gasteiger partial charge in [0.25, 0.3) is 0 Å². The Labute approximate surface area is 99.2 Å². The number of rotatable bonds is 1.